The second kappa shape index (κ2) is 7.22. The highest BCUT2D eigenvalue weighted by molar-refractivity contribution is 5.94. The van der Waals surface area contributed by atoms with Crippen molar-refractivity contribution >= 4 is 11.8 Å². The molecule has 0 radical (unpaired) electrons. The quantitative estimate of drug-likeness (QED) is 0.911. The summed E-state index contributed by atoms with van der Waals surface area (Å²) in [5, 5.41) is 2.79. The lowest BCUT2D eigenvalue weighted by atomic mass is 10.1. The number of rotatable bonds is 4. The molecular weight excluding hydrogens is 268 g/mol. The second-order valence-corrected chi connectivity index (χ2v) is 5.40. The van der Waals surface area contributed by atoms with Crippen molar-refractivity contribution in [1.82, 2.24) is 10.2 Å². The summed E-state index contributed by atoms with van der Waals surface area (Å²) >= 11 is 0. The zero-order chi connectivity index (χ0) is 15.2. The number of ether oxygens (including phenoxy) is 1. The van der Waals surface area contributed by atoms with Crippen molar-refractivity contribution in [3.05, 3.63) is 35.4 Å². The SMILES string of the molecule is Cc1cccc(C(=O)NCCC(=O)N2CCOC(C)C2)c1. The molecule has 2 amide bonds. The Hall–Kier alpha value is -1.88. The molecule has 0 bridgehead atoms. The van der Waals surface area contributed by atoms with E-state index in [1.807, 2.05) is 32.0 Å². The summed E-state index contributed by atoms with van der Waals surface area (Å²) in [4.78, 5) is 25.8. The zero-order valence-corrected chi connectivity index (χ0v) is 12.6. The van der Waals surface area contributed by atoms with Gasteiger partial charge >= 0.3 is 0 Å². The van der Waals surface area contributed by atoms with E-state index >= 15 is 0 Å². The molecule has 0 aromatic heterocycles. The molecule has 1 fully saturated rings. The lowest BCUT2D eigenvalue weighted by molar-refractivity contribution is -0.137. The minimum atomic E-state index is -0.137. The van der Waals surface area contributed by atoms with Crippen LogP contribution >= 0.6 is 0 Å². The van der Waals surface area contributed by atoms with Gasteiger partial charge in [-0.05, 0) is 26.0 Å². The fraction of sp³-hybridized carbons (Fsp3) is 0.500. The van der Waals surface area contributed by atoms with Crippen LogP contribution in [0.5, 0.6) is 0 Å². The van der Waals surface area contributed by atoms with Crippen LogP contribution < -0.4 is 5.32 Å². The zero-order valence-electron chi connectivity index (χ0n) is 12.6. The smallest absolute Gasteiger partial charge is 0.251 e. The molecule has 0 spiro atoms. The third-order valence-electron chi connectivity index (χ3n) is 3.50. The van der Waals surface area contributed by atoms with Crippen molar-refractivity contribution in [2.24, 2.45) is 0 Å². The van der Waals surface area contributed by atoms with E-state index in [1.165, 1.54) is 0 Å². The first kappa shape index (κ1) is 15.5. The molecule has 1 atom stereocenters. The van der Waals surface area contributed by atoms with E-state index in [2.05, 4.69) is 5.32 Å². The number of morpholine rings is 1. The van der Waals surface area contributed by atoms with Gasteiger partial charge in [-0.25, -0.2) is 0 Å². The molecule has 0 aliphatic carbocycles. The maximum atomic E-state index is 12.0. The van der Waals surface area contributed by atoms with E-state index in [4.69, 9.17) is 4.74 Å². The average molecular weight is 290 g/mol. The Kier molecular flexibility index (Phi) is 5.33. The largest absolute Gasteiger partial charge is 0.375 e. The van der Waals surface area contributed by atoms with Gasteiger partial charge in [0.05, 0.1) is 12.7 Å². The number of hydrogen-bond donors (Lipinski definition) is 1. The van der Waals surface area contributed by atoms with E-state index in [0.29, 0.717) is 38.2 Å². The van der Waals surface area contributed by atoms with E-state index in [-0.39, 0.29) is 17.9 Å². The minimum Gasteiger partial charge on any atom is -0.375 e. The number of nitrogens with one attached hydrogen (secondary N) is 1. The monoisotopic (exact) mass is 290 g/mol. The number of aryl methyl sites for hydroxylation is 1. The van der Waals surface area contributed by atoms with Gasteiger partial charge in [0.25, 0.3) is 5.91 Å². The van der Waals surface area contributed by atoms with E-state index in [0.717, 1.165) is 5.56 Å². The highest BCUT2D eigenvalue weighted by Gasteiger charge is 2.20. The Bertz CT molecular complexity index is 516. The predicted molar refractivity (Wildman–Crippen MR) is 80.1 cm³/mol. The third kappa shape index (κ3) is 4.56. The molecular formula is C16H22N2O3. The van der Waals surface area contributed by atoms with Crippen LogP contribution in [-0.2, 0) is 9.53 Å². The molecule has 2 rings (SSSR count). The highest BCUT2D eigenvalue weighted by atomic mass is 16.5. The second-order valence-electron chi connectivity index (χ2n) is 5.40. The van der Waals surface area contributed by atoms with Crippen molar-refractivity contribution in [3.63, 3.8) is 0 Å². The number of benzene rings is 1. The lowest BCUT2D eigenvalue weighted by Crippen LogP contribution is -2.45. The maximum Gasteiger partial charge on any atom is 0.251 e. The molecule has 1 saturated heterocycles. The molecule has 1 N–H and O–H groups in total. The summed E-state index contributed by atoms with van der Waals surface area (Å²) in [6, 6.07) is 7.40. The van der Waals surface area contributed by atoms with Crippen LogP contribution in [0.15, 0.2) is 24.3 Å². The first-order valence-corrected chi connectivity index (χ1v) is 7.30. The molecule has 5 heteroatoms. The number of carbonyl (C=O) groups excluding carboxylic acids is 2. The van der Waals surface area contributed by atoms with Crippen molar-refractivity contribution < 1.29 is 14.3 Å². The van der Waals surface area contributed by atoms with Crippen molar-refractivity contribution in [3.8, 4) is 0 Å². The normalized spacial score (nSPS) is 18.4. The van der Waals surface area contributed by atoms with Crippen LogP contribution in [-0.4, -0.2) is 49.1 Å². The Labute approximate surface area is 125 Å². The molecule has 1 heterocycles. The Morgan fingerprint density at radius 1 is 1.43 bits per heavy atom. The topological polar surface area (TPSA) is 58.6 Å². The van der Waals surface area contributed by atoms with Crippen LogP contribution in [0.4, 0.5) is 0 Å². The van der Waals surface area contributed by atoms with Gasteiger partial charge in [0.2, 0.25) is 5.91 Å². The molecule has 1 aromatic rings. The lowest BCUT2D eigenvalue weighted by Gasteiger charge is -2.31. The summed E-state index contributed by atoms with van der Waals surface area (Å²) in [6.45, 7) is 6.11. The van der Waals surface area contributed by atoms with Crippen LogP contribution in [0, 0.1) is 6.92 Å². The van der Waals surface area contributed by atoms with Crippen LogP contribution in [0.1, 0.15) is 29.3 Å². The van der Waals surface area contributed by atoms with Gasteiger partial charge < -0.3 is 15.0 Å². The molecule has 0 saturated carbocycles. The third-order valence-corrected chi connectivity index (χ3v) is 3.50. The van der Waals surface area contributed by atoms with Crippen LogP contribution in [0.3, 0.4) is 0 Å². The first-order chi connectivity index (χ1) is 10.1. The average Bonchev–Trinajstić information content (AvgIpc) is 2.47. The van der Waals surface area contributed by atoms with Crippen molar-refractivity contribution in [2.45, 2.75) is 26.4 Å². The number of hydrogen-bond acceptors (Lipinski definition) is 3. The standard InChI is InChI=1S/C16H22N2O3/c1-12-4-3-5-14(10-12)16(20)17-7-6-15(19)18-8-9-21-13(2)11-18/h3-5,10,13H,6-9,11H2,1-2H3,(H,17,20). The summed E-state index contributed by atoms with van der Waals surface area (Å²) < 4.78 is 5.41. The predicted octanol–water partition coefficient (Wildman–Crippen LogP) is 1.36. The van der Waals surface area contributed by atoms with Gasteiger partial charge in [-0.1, -0.05) is 17.7 Å². The van der Waals surface area contributed by atoms with Crippen molar-refractivity contribution in [2.75, 3.05) is 26.2 Å². The van der Waals surface area contributed by atoms with Gasteiger partial charge in [0.1, 0.15) is 0 Å². The molecule has 21 heavy (non-hydrogen) atoms. The molecule has 5 nitrogen and oxygen atoms in total. The van der Waals surface area contributed by atoms with Gasteiger partial charge in [-0.3, -0.25) is 9.59 Å². The fourth-order valence-corrected chi connectivity index (χ4v) is 2.37. The summed E-state index contributed by atoms with van der Waals surface area (Å²) in [5.74, 6) is -0.0727. The van der Waals surface area contributed by atoms with E-state index in [9.17, 15) is 9.59 Å². The number of amides is 2. The van der Waals surface area contributed by atoms with Crippen LogP contribution in [0.25, 0.3) is 0 Å². The maximum absolute atomic E-state index is 12.0. The summed E-state index contributed by atoms with van der Waals surface area (Å²) in [7, 11) is 0. The van der Waals surface area contributed by atoms with Gasteiger partial charge in [0.15, 0.2) is 0 Å². The summed E-state index contributed by atoms with van der Waals surface area (Å²) in [6.07, 6.45) is 0.411. The fourth-order valence-electron chi connectivity index (χ4n) is 2.37. The summed E-state index contributed by atoms with van der Waals surface area (Å²) in [5.41, 5.74) is 1.67. The Balaban J connectivity index is 1.76. The Morgan fingerprint density at radius 2 is 2.24 bits per heavy atom. The Morgan fingerprint density at radius 3 is 2.95 bits per heavy atom. The van der Waals surface area contributed by atoms with E-state index < -0.39 is 0 Å². The van der Waals surface area contributed by atoms with Gasteiger partial charge in [-0.15, -0.1) is 0 Å². The molecule has 1 aromatic carbocycles. The highest BCUT2D eigenvalue weighted by Crippen LogP contribution is 2.06. The number of carbonyl (C=O) groups is 2. The molecule has 1 aliphatic rings. The van der Waals surface area contributed by atoms with Gasteiger partial charge in [-0.2, -0.15) is 0 Å². The van der Waals surface area contributed by atoms with Crippen molar-refractivity contribution in [1.29, 1.82) is 0 Å². The molecule has 1 aliphatic heterocycles. The van der Waals surface area contributed by atoms with Crippen LogP contribution in [0.2, 0.25) is 0 Å². The number of nitrogens with zero attached hydrogens (tertiary/aromatic N) is 1. The molecule has 114 valence electrons. The molecule has 1 unspecified atom stereocenters. The van der Waals surface area contributed by atoms with E-state index in [1.54, 1.807) is 11.0 Å². The first-order valence-electron chi connectivity index (χ1n) is 7.30. The minimum absolute atomic E-state index is 0.0645. The van der Waals surface area contributed by atoms with Gasteiger partial charge in [0, 0.05) is 31.6 Å².